The molecule has 0 aliphatic carbocycles. The fourth-order valence-electron chi connectivity index (χ4n) is 5.98. The van der Waals surface area contributed by atoms with E-state index in [1.54, 1.807) is 35.5 Å². The van der Waals surface area contributed by atoms with Crippen LogP contribution in [0.15, 0.2) is 48.8 Å². The first-order valence-electron chi connectivity index (χ1n) is 14.0. The number of carbonyl (C=O) groups is 2. The summed E-state index contributed by atoms with van der Waals surface area (Å²) in [6.45, 7) is 3.02. The number of carboxylic acid groups (broad SMARTS) is 1. The van der Waals surface area contributed by atoms with Crippen LogP contribution in [0.4, 0.5) is 5.69 Å². The van der Waals surface area contributed by atoms with Gasteiger partial charge in [0.25, 0.3) is 0 Å². The molecule has 1 amide bonds. The first-order valence-corrected chi connectivity index (χ1v) is 14.0. The van der Waals surface area contributed by atoms with Gasteiger partial charge in [-0.05, 0) is 42.7 Å². The number of aromatic nitrogens is 2. The summed E-state index contributed by atoms with van der Waals surface area (Å²) in [5.74, 6) is -1.43. The number of fused-ring (bicyclic) bond motifs is 1. The van der Waals surface area contributed by atoms with Crippen molar-refractivity contribution in [3.63, 3.8) is 0 Å². The van der Waals surface area contributed by atoms with E-state index in [9.17, 15) is 24.9 Å². The number of amides is 1. The molecule has 1 saturated heterocycles. The molecule has 2 aliphatic heterocycles. The molecule has 42 heavy (non-hydrogen) atoms. The molecule has 5 rings (SSSR count). The maximum atomic E-state index is 13.8. The van der Waals surface area contributed by atoms with E-state index in [0.29, 0.717) is 35.0 Å². The lowest BCUT2D eigenvalue weighted by atomic mass is 9.84. The summed E-state index contributed by atoms with van der Waals surface area (Å²) >= 11 is 0. The van der Waals surface area contributed by atoms with Crippen LogP contribution in [0.2, 0.25) is 0 Å². The lowest BCUT2D eigenvalue weighted by Crippen LogP contribution is -2.45. The summed E-state index contributed by atoms with van der Waals surface area (Å²) < 4.78 is 18.0. The molecule has 4 heterocycles. The number of ether oxygens (including phenoxy) is 3. The van der Waals surface area contributed by atoms with E-state index in [1.807, 2.05) is 11.0 Å². The Labute approximate surface area is 243 Å². The van der Waals surface area contributed by atoms with Crippen molar-refractivity contribution in [3.05, 3.63) is 54.4 Å². The molecule has 3 atom stereocenters. The quantitative estimate of drug-likeness (QED) is 0.291. The first kappa shape index (κ1) is 29.1. The highest BCUT2D eigenvalue weighted by molar-refractivity contribution is 5.94. The van der Waals surface area contributed by atoms with Crippen LogP contribution >= 0.6 is 0 Å². The summed E-state index contributed by atoms with van der Waals surface area (Å²) in [5, 5.41) is 31.0. The summed E-state index contributed by atoms with van der Waals surface area (Å²) in [4.78, 5) is 34.5. The van der Waals surface area contributed by atoms with Gasteiger partial charge in [-0.3, -0.25) is 24.0 Å². The minimum absolute atomic E-state index is 0.0190. The molecule has 0 saturated carbocycles. The SMILES string of the molecule is CCCCN(C(=O)CN1C[C@H](c2cc(OC)c3c(c2)OCO3)[C@@H](C(=O)O)[C@@H]1CCn1c(O)ccc1O)c1cccnc1. The predicted molar refractivity (Wildman–Crippen MR) is 152 cm³/mol. The number of carbonyl (C=O) groups excluding carboxylic acids is 1. The minimum atomic E-state index is -1.01. The number of pyridine rings is 1. The van der Waals surface area contributed by atoms with Gasteiger partial charge in [-0.25, -0.2) is 0 Å². The Morgan fingerprint density at radius 2 is 1.95 bits per heavy atom. The number of aromatic hydroxyl groups is 2. The molecule has 3 N–H and O–H groups in total. The van der Waals surface area contributed by atoms with E-state index < -0.39 is 23.8 Å². The van der Waals surface area contributed by atoms with E-state index in [-0.39, 0.29) is 50.5 Å². The molecule has 2 aliphatic rings. The third-order valence-corrected chi connectivity index (χ3v) is 8.06. The topological polar surface area (TPSA) is 147 Å². The normalized spacial score (nSPS) is 19.6. The smallest absolute Gasteiger partial charge is 0.308 e. The van der Waals surface area contributed by atoms with Gasteiger partial charge in [0.05, 0.1) is 31.5 Å². The Hall–Kier alpha value is -4.45. The van der Waals surface area contributed by atoms with Gasteiger partial charge in [0.15, 0.2) is 23.3 Å². The average Bonchev–Trinajstić information content (AvgIpc) is 3.69. The molecule has 12 nitrogen and oxygen atoms in total. The largest absolute Gasteiger partial charge is 0.494 e. The number of hydrogen-bond acceptors (Lipinski definition) is 9. The van der Waals surface area contributed by atoms with Crippen LogP contribution in [-0.4, -0.2) is 81.2 Å². The Morgan fingerprint density at radius 1 is 1.17 bits per heavy atom. The van der Waals surface area contributed by atoms with Crippen molar-refractivity contribution < 1.29 is 39.1 Å². The Morgan fingerprint density at radius 3 is 2.62 bits per heavy atom. The van der Waals surface area contributed by atoms with Crippen molar-refractivity contribution in [1.29, 1.82) is 0 Å². The number of likely N-dealkylation sites (tertiary alicyclic amines) is 1. The van der Waals surface area contributed by atoms with Gasteiger partial charge < -0.3 is 34.4 Å². The number of hydrogen-bond donors (Lipinski definition) is 3. The number of nitrogens with zero attached hydrogens (tertiary/aromatic N) is 4. The molecule has 0 spiro atoms. The van der Waals surface area contributed by atoms with Gasteiger partial charge in [0, 0.05) is 49.9 Å². The molecule has 3 aromatic rings. The molecule has 0 radical (unpaired) electrons. The molecule has 0 bridgehead atoms. The number of methoxy groups -OCH3 is 1. The summed E-state index contributed by atoms with van der Waals surface area (Å²) in [6, 6.07) is 9.32. The second-order valence-electron chi connectivity index (χ2n) is 10.5. The van der Waals surface area contributed by atoms with Crippen LogP contribution in [0.25, 0.3) is 0 Å². The Kier molecular flexibility index (Phi) is 8.72. The van der Waals surface area contributed by atoms with E-state index in [1.165, 1.54) is 23.8 Å². The number of rotatable bonds is 12. The molecule has 1 aromatic carbocycles. The Balaban J connectivity index is 1.48. The fraction of sp³-hybridized carbons (Fsp3) is 0.433. The average molecular weight is 581 g/mol. The third-order valence-electron chi connectivity index (χ3n) is 8.06. The van der Waals surface area contributed by atoms with Gasteiger partial charge in [0.1, 0.15) is 0 Å². The Bertz CT molecular complexity index is 1390. The van der Waals surface area contributed by atoms with Crippen LogP contribution < -0.4 is 19.1 Å². The molecule has 1 fully saturated rings. The third kappa shape index (κ3) is 5.80. The molecule has 2 aromatic heterocycles. The van der Waals surface area contributed by atoms with Crippen molar-refractivity contribution in [2.75, 3.05) is 38.4 Å². The second-order valence-corrected chi connectivity index (χ2v) is 10.5. The van der Waals surface area contributed by atoms with Gasteiger partial charge in [-0.2, -0.15) is 0 Å². The fourth-order valence-corrected chi connectivity index (χ4v) is 5.98. The number of carboxylic acids is 1. The zero-order chi connectivity index (χ0) is 29.8. The van der Waals surface area contributed by atoms with Crippen LogP contribution in [-0.2, 0) is 16.1 Å². The van der Waals surface area contributed by atoms with Crippen LogP contribution in [0, 0.1) is 5.92 Å². The van der Waals surface area contributed by atoms with E-state index in [4.69, 9.17) is 14.2 Å². The van der Waals surface area contributed by atoms with Crippen LogP contribution in [0.5, 0.6) is 29.0 Å². The standard InChI is InChI=1S/C30H36N4O8/c1-3-4-11-33(20-6-5-10-31-15-20)27(37)17-32-16-21(19-13-23(40-2)29-24(14-19)41-18-42-29)28(30(38)39)22(32)9-12-34-25(35)7-8-26(34)36/h5-8,10,13-15,21-22,28,35-36H,3-4,9,11-12,16-18H2,1-2H3,(H,38,39)/t21-,22+,28-/m1/s1. The lowest BCUT2D eigenvalue weighted by molar-refractivity contribution is -0.143. The molecule has 12 heteroatoms. The number of aliphatic carboxylic acids is 1. The number of anilines is 1. The van der Waals surface area contributed by atoms with Crippen molar-refractivity contribution in [3.8, 4) is 29.0 Å². The second kappa shape index (κ2) is 12.6. The zero-order valence-electron chi connectivity index (χ0n) is 23.7. The maximum absolute atomic E-state index is 13.8. The molecular formula is C30H36N4O8. The van der Waals surface area contributed by atoms with Crippen molar-refractivity contribution in [1.82, 2.24) is 14.5 Å². The monoisotopic (exact) mass is 580 g/mol. The van der Waals surface area contributed by atoms with E-state index in [0.717, 1.165) is 12.8 Å². The predicted octanol–water partition coefficient (Wildman–Crippen LogP) is 3.42. The van der Waals surface area contributed by atoms with Crippen molar-refractivity contribution >= 4 is 17.6 Å². The first-order chi connectivity index (χ1) is 20.3. The maximum Gasteiger partial charge on any atom is 0.308 e. The van der Waals surface area contributed by atoms with Crippen LogP contribution in [0.3, 0.4) is 0 Å². The van der Waals surface area contributed by atoms with E-state index >= 15 is 0 Å². The number of benzene rings is 1. The number of unbranched alkanes of at least 4 members (excludes halogenated alkanes) is 1. The van der Waals surface area contributed by atoms with Crippen molar-refractivity contribution in [2.45, 2.75) is 44.7 Å². The summed E-state index contributed by atoms with van der Waals surface area (Å²) in [7, 11) is 1.51. The highest BCUT2D eigenvalue weighted by Gasteiger charge is 2.47. The molecule has 224 valence electrons. The van der Waals surface area contributed by atoms with Gasteiger partial charge in [-0.1, -0.05) is 13.3 Å². The summed E-state index contributed by atoms with van der Waals surface area (Å²) in [6.07, 6.45) is 5.26. The van der Waals surface area contributed by atoms with Gasteiger partial charge in [0.2, 0.25) is 18.4 Å². The summed E-state index contributed by atoms with van der Waals surface area (Å²) in [5.41, 5.74) is 1.38. The zero-order valence-corrected chi connectivity index (χ0v) is 23.7. The lowest BCUT2D eigenvalue weighted by Gasteiger charge is -2.30. The highest BCUT2D eigenvalue weighted by atomic mass is 16.7. The van der Waals surface area contributed by atoms with Gasteiger partial charge >= 0.3 is 5.97 Å². The molecular weight excluding hydrogens is 544 g/mol. The molecule has 0 unspecified atom stereocenters. The van der Waals surface area contributed by atoms with E-state index in [2.05, 4.69) is 11.9 Å². The van der Waals surface area contributed by atoms with Gasteiger partial charge in [-0.15, -0.1) is 0 Å². The van der Waals surface area contributed by atoms with Crippen molar-refractivity contribution in [2.24, 2.45) is 5.92 Å². The van der Waals surface area contributed by atoms with Crippen LogP contribution in [0.1, 0.15) is 37.7 Å². The minimum Gasteiger partial charge on any atom is -0.494 e. The highest BCUT2D eigenvalue weighted by Crippen LogP contribution is 2.47.